The zero-order valence-electron chi connectivity index (χ0n) is 8.30. The van der Waals surface area contributed by atoms with Gasteiger partial charge in [-0.15, -0.1) is 0 Å². The van der Waals surface area contributed by atoms with E-state index < -0.39 is 5.91 Å². The summed E-state index contributed by atoms with van der Waals surface area (Å²) in [6.45, 7) is 0. The number of nitrogens with one attached hydrogen (secondary N) is 2. The predicted octanol–water partition coefficient (Wildman–Crippen LogP) is 3.62. The van der Waals surface area contributed by atoms with Crippen molar-refractivity contribution in [2.24, 2.45) is 0 Å². The number of carbonyl (C=O) groups excluding carboxylic acids is 1. The van der Waals surface area contributed by atoms with Crippen LogP contribution in [0.5, 0.6) is 0 Å². The SMILES string of the molecule is O=C(Nc1ccccc1Cl)c1nc(Cl)c(Cl)[nH]1. The van der Waals surface area contributed by atoms with Gasteiger partial charge in [-0.25, -0.2) is 4.98 Å². The van der Waals surface area contributed by atoms with Gasteiger partial charge in [0.05, 0.1) is 10.7 Å². The molecule has 0 spiro atoms. The smallest absolute Gasteiger partial charge is 0.291 e. The van der Waals surface area contributed by atoms with Crippen LogP contribution in [0, 0.1) is 0 Å². The zero-order valence-corrected chi connectivity index (χ0v) is 10.6. The van der Waals surface area contributed by atoms with Crippen molar-refractivity contribution in [3.05, 3.63) is 45.4 Å². The maximum absolute atomic E-state index is 11.8. The van der Waals surface area contributed by atoms with Gasteiger partial charge in [-0.2, -0.15) is 0 Å². The summed E-state index contributed by atoms with van der Waals surface area (Å²) in [6.07, 6.45) is 0. The van der Waals surface area contributed by atoms with E-state index >= 15 is 0 Å². The molecule has 0 aliphatic carbocycles. The molecule has 0 bridgehead atoms. The third-order valence-electron chi connectivity index (χ3n) is 1.96. The number of hydrogen-bond acceptors (Lipinski definition) is 2. The Hall–Kier alpha value is -1.23. The number of aromatic amines is 1. The summed E-state index contributed by atoms with van der Waals surface area (Å²) in [4.78, 5) is 18.1. The van der Waals surface area contributed by atoms with Crippen molar-refractivity contribution in [3.8, 4) is 0 Å². The molecule has 0 radical (unpaired) electrons. The highest BCUT2D eigenvalue weighted by atomic mass is 35.5. The van der Waals surface area contributed by atoms with Gasteiger partial charge in [0, 0.05) is 0 Å². The van der Waals surface area contributed by atoms with E-state index in [1.807, 2.05) is 0 Å². The van der Waals surface area contributed by atoms with Gasteiger partial charge in [0.25, 0.3) is 5.91 Å². The maximum atomic E-state index is 11.8. The van der Waals surface area contributed by atoms with Crippen molar-refractivity contribution in [2.45, 2.75) is 0 Å². The highest BCUT2D eigenvalue weighted by Gasteiger charge is 2.14. The molecule has 0 unspecified atom stereocenters. The highest BCUT2D eigenvalue weighted by molar-refractivity contribution is 6.40. The second-order valence-electron chi connectivity index (χ2n) is 3.12. The molecular weight excluding hydrogens is 284 g/mol. The molecule has 0 aliphatic rings. The van der Waals surface area contributed by atoms with E-state index in [0.717, 1.165) is 0 Å². The summed E-state index contributed by atoms with van der Waals surface area (Å²) in [6, 6.07) is 6.86. The number of anilines is 1. The Morgan fingerprint density at radius 2 is 1.94 bits per heavy atom. The Morgan fingerprint density at radius 3 is 2.53 bits per heavy atom. The molecule has 2 aromatic rings. The molecule has 17 heavy (non-hydrogen) atoms. The van der Waals surface area contributed by atoms with Crippen molar-refractivity contribution < 1.29 is 4.79 Å². The Labute approximate surface area is 112 Å². The van der Waals surface area contributed by atoms with Crippen LogP contribution in [-0.4, -0.2) is 15.9 Å². The number of amides is 1. The first kappa shape index (κ1) is 12.2. The summed E-state index contributed by atoms with van der Waals surface area (Å²) >= 11 is 17.2. The Balaban J connectivity index is 2.20. The second-order valence-corrected chi connectivity index (χ2v) is 4.27. The Morgan fingerprint density at radius 1 is 1.24 bits per heavy atom. The quantitative estimate of drug-likeness (QED) is 0.887. The largest absolute Gasteiger partial charge is 0.324 e. The van der Waals surface area contributed by atoms with Crippen molar-refractivity contribution in [1.82, 2.24) is 9.97 Å². The summed E-state index contributed by atoms with van der Waals surface area (Å²) < 4.78 is 0. The first-order valence-corrected chi connectivity index (χ1v) is 5.68. The number of halogens is 3. The minimum absolute atomic E-state index is 0.0277. The van der Waals surface area contributed by atoms with Crippen LogP contribution in [0.1, 0.15) is 10.6 Å². The second kappa shape index (κ2) is 4.96. The predicted molar refractivity (Wildman–Crippen MR) is 68.0 cm³/mol. The fourth-order valence-corrected chi connectivity index (χ4v) is 1.63. The fourth-order valence-electron chi connectivity index (χ4n) is 1.18. The van der Waals surface area contributed by atoms with Gasteiger partial charge >= 0.3 is 0 Å². The lowest BCUT2D eigenvalue weighted by atomic mass is 10.3. The van der Waals surface area contributed by atoms with E-state index in [1.54, 1.807) is 24.3 Å². The maximum Gasteiger partial charge on any atom is 0.291 e. The highest BCUT2D eigenvalue weighted by Crippen LogP contribution is 2.22. The van der Waals surface area contributed by atoms with Crippen LogP contribution in [0.4, 0.5) is 5.69 Å². The molecule has 0 atom stereocenters. The minimum atomic E-state index is -0.466. The monoisotopic (exact) mass is 289 g/mol. The zero-order chi connectivity index (χ0) is 12.4. The van der Waals surface area contributed by atoms with Gasteiger partial charge in [-0.3, -0.25) is 4.79 Å². The van der Waals surface area contributed by atoms with Gasteiger partial charge in [0.2, 0.25) is 0 Å². The number of aromatic nitrogens is 2. The molecule has 0 aliphatic heterocycles. The lowest BCUT2D eigenvalue weighted by Crippen LogP contribution is -2.13. The fraction of sp³-hybridized carbons (Fsp3) is 0. The molecule has 1 aromatic heterocycles. The number of nitrogens with zero attached hydrogens (tertiary/aromatic N) is 1. The molecule has 1 amide bonds. The first-order valence-electron chi connectivity index (χ1n) is 4.55. The van der Waals surface area contributed by atoms with E-state index in [9.17, 15) is 4.79 Å². The Bertz CT molecular complexity index is 548. The number of benzene rings is 1. The molecule has 0 saturated heterocycles. The van der Waals surface area contributed by atoms with E-state index in [1.165, 1.54) is 0 Å². The van der Waals surface area contributed by atoms with E-state index in [-0.39, 0.29) is 16.1 Å². The van der Waals surface area contributed by atoms with Crippen molar-refractivity contribution in [2.75, 3.05) is 5.32 Å². The van der Waals surface area contributed by atoms with Crippen LogP contribution >= 0.6 is 34.8 Å². The van der Waals surface area contributed by atoms with E-state index in [4.69, 9.17) is 34.8 Å². The summed E-state index contributed by atoms with van der Waals surface area (Å²) in [5, 5.41) is 3.19. The van der Waals surface area contributed by atoms with Crippen LogP contribution in [0.2, 0.25) is 15.3 Å². The number of hydrogen-bond donors (Lipinski definition) is 2. The molecule has 2 rings (SSSR count). The molecule has 88 valence electrons. The lowest BCUT2D eigenvalue weighted by Gasteiger charge is -2.04. The molecule has 1 aromatic carbocycles. The minimum Gasteiger partial charge on any atom is -0.324 e. The van der Waals surface area contributed by atoms with Crippen LogP contribution in [0.3, 0.4) is 0 Å². The summed E-state index contributed by atoms with van der Waals surface area (Å²) in [7, 11) is 0. The van der Waals surface area contributed by atoms with Crippen LogP contribution in [0.15, 0.2) is 24.3 Å². The topological polar surface area (TPSA) is 57.8 Å². The van der Waals surface area contributed by atoms with Gasteiger partial charge in [-0.1, -0.05) is 46.9 Å². The molecule has 7 heteroatoms. The summed E-state index contributed by atoms with van der Waals surface area (Å²) in [5.74, 6) is -0.438. The number of carbonyl (C=O) groups is 1. The normalized spacial score (nSPS) is 10.3. The number of imidazole rings is 1. The van der Waals surface area contributed by atoms with Crippen LogP contribution in [-0.2, 0) is 0 Å². The molecule has 1 heterocycles. The third kappa shape index (κ3) is 2.72. The summed E-state index contributed by atoms with van der Waals surface area (Å²) in [5.41, 5.74) is 0.489. The average Bonchev–Trinajstić information content (AvgIpc) is 2.63. The molecule has 0 fully saturated rings. The average molecular weight is 291 g/mol. The molecular formula is C10H6Cl3N3O. The van der Waals surface area contributed by atoms with E-state index in [0.29, 0.717) is 10.7 Å². The lowest BCUT2D eigenvalue weighted by molar-refractivity contribution is 0.101. The van der Waals surface area contributed by atoms with E-state index in [2.05, 4.69) is 15.3 Å². The first-order chi connectivity index (χ1) is 8.08. The standard InChI is InChI=1S/C10H6Cl3N3O/c11-5-3-1-2-4-6(5)14-10(17)9-15-7(12)8(13)16-9/h1-4H,(H,14,17)(H,15,16). The van der Waals surface area contributed by atoms with Gasteiger partial charge in [-0.05, 0) is 12.1 Å². The van der Waals surface area contributed by atoms with Crippen LogP contribution < -0.4 is 5.32 Å². The number of H-pyrrole nitrogens is 1. The van der Waals surface area contributed by atoms with Gasteiger partial charge in [0.15, 0.2) is 11.0 Å². The number of para-hydroxylation sites is 1. The number of rotatable bonds is 2. The molecule has 2 N–H and O–H groups in total. The molecule has 0 saturated carbocycles. The van der Waals surface area contributed by atoms with Crippen molar-refractivity contribution in [3.63, 3.8) is 0 Å². The van der Waals surface area contributed by atoms with Gasteiger partial charge in [0.1, 0.15) is 5.15 Å². The Kier molecular flexibility index (Phi) is 3.57. The van der Waals surface area contributed by atoms with Crippen LogP contribution in [0.25, 0.3) is 0 Å². The van der Waals surface area contributed by atoms with Gasteiger partial charge < -0.3 is 10.3 Å². The van der Waals surface area contributed by atoms with Crippen molar-refractivity contribution >= 4 is 46.4 Å². The molecule has 4 nitrogen and oxygen atoms in total. The van der Waals surface area contributed by atoms with Crippen molar-refractivity contribution in [1.29, 1.82) is 0 Å². The third-order valence-corrected chi connectivity index (χ3v) is 2.93.